The van der Waals surface area contributed by atoms with E-state index in [-0.39, 0.29) is 18.2 Å². The summed E-state index contributed by atoms with van der Waals surface area (Å²) >= 11 is 0. The molecule has 4 aromatic rings. The minimum Gasteiger partial charge on any atom is -0.451 e. The fourth-order valence-corrected chi connectivity index (χ4v) is 3.00. The molecule has 0 radical (unpaired) electrons. The van der Waals surface area contributed by atoms with Crippen molar-refractivity contribution in [2.45, 2.75) is 6.10 Å². The van der Waals surface area contributed by atoms with Gasteiger partial charge in [-0.3, -0.25) is 4.79 Å². The van der Waals surface area contributed by atoms with E-state index in [4.69, 9.17) is 4.42 Å². The molecule has 1 unspecified atom stereocenters. The van der Waals surface area contributed by atoms with Crippen molar-refractivity contribution < 1.29 is 14.3 Å². The SMILES string of the molecule is Cn1ccc2cc(C(O)CNC(=O)c3cc4ccccc4o3)ccc21. The van der Waals surface area contributed by atoms with Gasteiger partial charge in [0.05, 0.1) is 6.10 Å². The van der Waals surface area contributed by atoms with E-state index in [1.54, 1.807) is 6.07 Å². The minimum atomic E-state index is -0.780. The van der Waals surface area contributed by atoms with Crippen LogP contribution in [-0.2, 0) is 7.05 Å². The van der Waals surface area contributed by atoms with Gasteiger partial charge in [-0.2, -0.15) is 0 Å². The summed E-state index contributed by atoms with van der Waals surface area (Å²) in [6.07, 6.45) is 1.20. The number of aryl methyl sites for hydroxylation is 1. The Kier molecular flexibility index (Phi) is 3.78. The number of nitrogens with one attached hydrogen (secondary N) is 1. The molecule has 0 aliphatic carbocycles. The highest BCUT2D eigenvalue weighted by molar-refractivity contribution is 5.96. The summed E-state index contributed by atoms with van der Waals surface area (Å²) in [7, 11) is 1.98. The van der Waals surface area contributed by atoms with Crippen LogP contribution in [0.25, 0.3) is 21.9 Å². The fraction of sp³-hybridized carbons (Fsp3) is 0.150. The predicted octanol–water partition coefficient (Wildman–Crippen LogP) is 3.39. The second kappa shape index (κ2) is 6.11. The zero-order chi connectivity index (χ0) is 17.4. The number of para-hydroxylation sites is 1. The number of fused-ring (bicyclic) bond motifs is 2. The van der Waals surface area contributed by atoms with Crippen molar-refractivity contribution in [3.8, 4) is 0 Å². The number of furan rings is 1. The molecule has 5 nitrogen and oxygen atoms in total. The number of aromatic nitrogens is 1. The summed E-state index contributed by atoms with van der Waals surface area (Å²) in [6, 6.07) is 16.9. The molecule has 0 spiro atoms. The van der Waals surface area contributed by atoms with E-state index < -0.39 is 6.10 Å². The molecule has 2 N–H and O–H groups in total. The van der Waals surface area contributed by atoms with E-state index in [9.17, 15) is 9.90 Å². The zero-order valence-electron chi connectivity index (χ0n) is 13.8. The van der Waals surface area contributed by atoms with Gasteiger partial charge in [-0.1, -0.05) is 24.3 Å². The van der Waals surface area contributed by atoms with E-state index in [0.717, 1.165) is 21.9 Å². The lowest BCUT2D eigenvalue weighted by Gasteiger charge is -2.12. The lowest BCUT2D eigenvalue weighted by atomic mass is 10.1. The highest BCUT2D eigenvalue weighted by Crippen LogP contribution is 2.21. The summed E-state index contributed by atoms with van der Waals surface area (Å²) in [5.41, 5.74) is 2.54. The number of amides is 1. The molecule has 0 aliphatic rings. The molecule has 1 atom stereocenters. The van der Waals surface area contributed by atoms with Gasteiger partial charge in [0.1, 0.15) is 5.58 Å². The topological polar surface area (TPSA) is 67.4 Å². The van der Waals surface area contributed by atoms with Crippen LogP contribution in [0.5, 0.6) is 0 Å². The van der Waals surface area contributed by atoms with Crippen molar-refractivity contribution in [2.75, 3.05) is 6.54 Å². The highest BCUT2D eigenvalue weighted by atomic mass is 16.3. The Morgan fingerprint density at radius 1 is 1.16 bits per heavy atom. The Balaban J connectivity index is 1.46. The van der Waals surface area contributed by atoms with Crippen LogP contribution in [0.4, 0.5) is 0 Å². The largest absolute Gasteiger partial charge is 0.451 e. The Hall–Kier alpha value is -3.05. The molecule has 0 aliphatic heterocycles. The van der Waals surface area contributed by atoms with Crippen LogP contribution in [0.3, 0.4) is 0 Å². The Bertz CT molecular complexity index is 1030. The molecular formula is C20H18N2O3. The lowest BCUT2D eigenvalue weighted by molar-refractivity contribution is 0.0891. The Morgan fingerprint density at radius 2 is 2.00 bits per heavy atom. The highest BCUT2D eigenvalue weighted by Gasteiger charge is 2.15. The van der Waals surface area contributed by atoms with Gasteiger partial charge in [-0.15, -0.1) is 0 Å². The Labute approximate surface area is 144 Å². The monoisotopic (exact) mass is 334 g/mol. The molecule has 25 heavy (non-hydrogen) atoms. The number of rotatable bonds is 4. The first-order chi connectivity index (χ1) is 12.1. The van der Waals surface area contributed by atoms with E-state index in [2.05, 4.69) is 5.32 Å². The minimum absolute atomic E-state index is 0.119. The molecule has 0 bridgehead atoms. The predicted molar refractivity (Wildman–Crippen MR) is 96.4 cm³/mol. The third-order valence-corrected chi connectivity index (χ3v) is 4.40. The molecule has 0 saturated carbocycles. The van der Waals surface area contributed by atoms with E-state index in [1.807, 2.05) is 66.3 Å². The third-order valence-electron chi connectivity index (χ3n) is 4.40. The molecular weight excluding hydrogens is 316 g/mol. The van der Waals surface area contributed by atoms with Gasteiger partial charge >= 0.3 is 0 Å². The fourth-order valence-electron chi connectivity index (χ4n) is 3.00. The van der Waals surface area contributed by atoms with Crippen molar-refractivity contribution >= 4 is 27.8 Å². The molecule has 0 saturated heterocycles. The second-order valence-corrected chi connectivity index (χ2v) is 6.12. The smallest absolute Gasteiger partial charge is 0.287 e. The van der Waals surface area contributed by atoms with Gasteiger partial charge in [-0.25, -0.2) is 0 Å². The number of hydrogen-bond acceptors (Lipinski definition) is 3. The lowest BCUT2D eigenvalue weighted by Crippen LogP contribution is -2.28. The average Bonchev–Trinajstić information content (AvgIpc) is 3.23. The van der Waals surface area contributed by atoms with Gasteiger partial charge in [0, 0.05) is 30.7 Å². The molecule has 126 valence electrons. The van der Waals surface area contributed by atoms with Crippen molar-refractivity contribution in [3.63, 3.8) is 0 Å². The number of aliphatic hydroxyl groups is 1. The average molecular weight is 334 g/mol. The summed E-state index contributed by atoms with van der Waals surface area (Å²) in [5.74, 6) is -0.0945. The number of carbonyl (C=O) groups is 1. The first-order valence-corrected chi connectivity index (χ1v) is 8.11. The maximum Gasteiger partial charge on any atom is 0.287 e. The van der Waals surface area contributed by atoms with E-state index >= 15 is 0 Å². The van der Waals surface area contributed by atoms with Crippen LogP contribution in [0, 0.1) is 0 Å². The van der Waals surface area contributed by atoms with Gasteiger partial charge < -0.3 is 19.4 Å². The molecule has 0 fully saturated rings. The Morgan fingerprint density at radius 3 is 2.84 bits per heavy atom. The number of aliphatic hydroxyl groups excluding tert-OH is 1. The number of nitrogens with zero attached hydrogens (tertiary/aromatic N) is 1. The van der Waals surface area contributed by atoms with Crippen molar-refractivity contribution in [1.29, 1.82) is 0 Å². The molecule has 2 aromatic carbocycles. The standard InChI is InChI=1S/C20H18N2O3/c1-22-9-8-13-10-14(6-7-16(13)22)17(23)12-21-20(24)19-11-15-4-2-3-5-18(15)25-19/h2-11,17,23H,12H2,1H3,(H,21,24). The van der Waals surface area contributed by atoms with Gasteiger partial charge in [-0.05, 0) is 41.3 Å². The first kappa shape index (κ1) is 15.5. The molecule has 1 amide bonds. The maximum absolute atomic E-state index is 12.2. The quantitative estimate of drug-likeness (QED) is 0.601. The van der Waals surface area contributed by atoms with E-state index in [1.165, 1.54) is 0 Å². The van der Waals surface area contributed by atoms with Crippen LogP contribution >= 0.6 is 0 Å². The van der Waals surface area contributed by atoms with Gasteiger partial charge in [0.2, 0.25) is 0 Å². The van der Waals surface area contributed by atoms with Gasteiger partial charge in [0.25, 0.3) is 5.91 Å². The summed E-state index contributed by atoms with van der Waals surface area (Å²) in [5, 5.41) is 15.0. The van der Waals surface area contributed by atoms with Crippen molar-refractivity contribution in [1.82, 2.24) is 9.88 Å². The second-order valence-electron chi connectivity index (χ2n) is 6.12. The molecule has 2 heterocycles. The zero-order valence-corrected chi connectivity index (χ0v) is 13.8. The number of benzene rings is 2. The van der Waals surface area contributed by atoms with Crippen LogP contribution in [0.2, 0.25) is 0 Å². The van der Waals surface area contributed by atoms with Crippen LogP contribution in [0.1, 0.15) is 22.2 Å². The number of carbonyl (C=O) groups excluding carboxylic acids is 1. The summed E-state index contributed by atoms with van der Waals surface area (Å²) in [4.78, 5) is 12.2. The molecule has 2 aromatic heterocycles. The van der Waals surface area contributed by atoms with Gasteiger partial charge in [0.15, 0.2) is 5.76 Å². The molecule has 4 rings (SSSR count). The molecule has 5 heteroatoms. The maximum atomic E-state index is 12.2. The van der Waals surface area contributed by atoms with Crippen molar-refractivity contribution in [2.24, 2.45) is 7.05 Å². The summed E-state index contributed by atoms with van der Waals surface area (Å²) < 4.78 is 7.55. The normalized spacial score (nSPS) is 12.6. The third kappa shape index (κ3) is 2.90. The van der Waals surface area contributed by atoms with Crippen molar-refractivity contribution in [3.05, 3.63) is 72.1 Å². The first-order valence-electron chi connectivity index (χ1n) is 8.11. The van der Waals surface area contributed by atoms with E-state index in [0.29, 0.717) is 5.58 Å². The van der Waals surface area contributed by atoms with Crippen LogP contribution in [-0.4, -0.2) is 22.1 Å². The van der Waals surface area contributed by atoms with Crippen LogP contribution in [0.15, 0.2) is 65.2 Å². The van der Waals surface area contributed by atoms with Crippen LogP contribution < -0.4 is 5.32 Å². The summed E-state index contributed by atoms with van der Waals surface area (Å²) in [6.45, 7) is 0.119. The number of hydrogen-bond donors (Lipinski definition) is 2.